The normalized spacial score (nSPS) is 13.9. The number of carboxylic acid groups (broad SMARTS) is 1. The number of methoxy groups -OCH3 is 1. The second-order valence-corrected chi connectivity index (χ2v) is 3.89. The Labute approximate surface area is 97.7 Å². The molecule has 0 atom stereocenters. The first-order valence-electron chi connectivity index (χ1n) is 4.90. The molecule has 1 aromatic rings. The third-order valence-electron chi connectivity index (χ3n) is 2.53. The molecule has 1 aliphatic heterocycles. The summed E-state index contributed by atoms with van der Waals surface area (Å²) in [6, 6.07) is 1.74. The topological polar surface area (TPSA) is 55.8 Å². The fourth-order valence-electron chi connectivity index (χ4n) is 1.80. The third kappa shape index (κ3) is 1.69. The minimum atomic E-state index is -1.10. The highest BCUT2D eigenvalue weighted by molar-refractivity contribution is 6.35. The molecule has 0 unspecified atom stereocenters. The van der Waals surface area contributed by atoms with E-state index in [0.717, 1.165) is 18.4 Å². The van der Waals surface area contributed by atoms with Crippen LogP contribution in [0.3, 0.4) is 0 Å². The molecule has 5 heteroatoms. The molecule has 0 fully saturated rings. The second-order valence-electron chi connectivity index (χ2n) is 3.51. The van der Waals surface area contributed by atoms with Gasteiger partial charge < -0.3 is 14.6 Å². The van der Waals surface area contributed by atoms with Crippen LogP contribution in [0.5, 0.6) is 11.5 Å². The lowest BCUT2D eigenvalue weighted by Crippen LogP contribution is -2.14. The van der Waals surface area contributed by atoms with E-state index in [2.05, 4.69) is 0 Å². The highest BCUT2D eigenvalue weighted by Crippen LogP contribution is 2.40. The number of fused-ring (bicyclic) bond motifs is 1. The number of halogens is 1. The molecule has 1 aromatic carbocycles. The number of rotatable bonds is 2. The van der Waals surface area contributed by atoms with Crippen LogP contribution in [-0.2, 0) is 6.42 Å². The van der Waals surface area contributed by atoms with E-state index in [-0.39, 0.29) is 10.6 Å². The maximum atomic E-state index is 11.1. The van der Waals surface area contributed by atoms with Crippen LogP contribution in [0.4, 0.5) is 0 Å². The summed E-state index contributed by atoms with van der Waals surface area (Å²) < 4.78 is 10.4. The average Bonchev–Trinajstić information content (AvgIpc) is 2.27. The van der Waals surface area contributed by atoms with Crippen molar-refractivity contribution in [3.05, 3.63) is 22.2 Å². The van der Waals surface area contributed by atoms with Crippen LogP contribution in [-0.4, -0.2) is 24.8 Å². The first-order chi connectivity index (χ1) is 7.65. The molecule has 0 saturated carbocycles. The van der Waals surface area contributed by atoms with Crippen LogP contribution in [0.15, 0.2) is 6.07 Å². The van der Waals surface area contributed by atoms with E-state index < -0.39 is 5.97 Å². The highest BCUT2D eigenvalue weighted by Gasteiger charge is 2.25. The Kier molecular flexibility index (Phi) is 2.92. The number of ether oxygens (including phenoxy) is 2. The van der Waals surface area contributed by atoms with E-state index in [1.807, 2.05) is 0 Å². The van der Waals surface area contributed by atoms with Crippen molar-refractivity contribution in [1.82, 2.24) is 0 Å². The van der Waals surface area contributed by atoms with E-state index in [1.165, 1.54) is 7.11 Å². The van der Waals surface area contributed by atoms with Gasteiger partial charge in [0.2, 0.25) is 0 Å². The molecule has 1 N–H and O–H groups in total. The summed E-state index contributed by atoms with van der Waals surface area (Å²) in [7, 11) is 1.46. The zero-order chi connectivity index (χ0) is 11.7. The predicted molar refractivity (Wildman–Crippen MR) is 58.8 cm³/mol. The number of aromatic carboxylic acids is 1. The highest BCUT2D eigenvalue weighted by atomic mass is 35.5. The van der Waals surface area contributed by atoms with Crippen LogP contribution in [0.25, 0.3) is 0 Å². The van der Waals surface area contributed by atoms with Crippen molar-refractivity contribution < 1.29 is 19.4 Å². The van der Waals surface area contributed by atoms with Gasteiger partial charge in [-0.3, -0.25) is 0 Å². The van der Waals surface area contributed by atoms with Crippen molar-refractivity contribution in [2.45, 2.75) is 12.8 Å². The lowest BCUT2D eigenvalue weighted by Gasteiger charge is -2.21. The number of aryl methyl sites for hydroxylation is 1. The molecule has 4 nitrogen and oxygen atoms in total. The fraction of sp³-hybridized carbons (Fsp3) is 0.364. The molecule has 0 saturated heterocycles. The van der Waals surface area contributed by atoms with E-state index in [9.17, 15) is 4.79 Å². The molecule has 0 aromatic heterocycles. The molecule has 1 heterocycles. The van der Waals surface area contributed by atoms with Gasteiger partial charge in [-0.15, -0.1) is 0 Å². The molecule has 0 bridgehead atoms. The van der Waals surface area contributed by atoms with Gasteiger partial charge >= 0.3 is 5.97 Å². The molecule has 1 aliphatic rings. The number of carbonyl (C=O) groups is 1. The third-order valence-corrected chi connectivity index (χ3v) is 2.91. The number of hydrogen-bond donors (Lipinski definition) is 1. The van der Waals surface area contributed by atoms with Gasteiger partial charge in [0.25, 0.3) is 0 Å². The molecule has 86 valence electrons. The van der Waals surface area contributed by atoms with Gasteiger partial charge in [-0.2, -0.15) is 0 Å². The van der Waals surface area contributed by atoms with Crippen molar-refractivity contribution >= 4 is 17.6 Å². The van der Waals surface area contributed by atoms with Crippen molar-refractivity contribution in [2.75, 3.05) is 13.7 Å². The minimum Gasteiger partial charge on any atom is -0.495 e. The fourth-order valence-corrected chi connectivity index (χ4v) is 2.10. The van der Waals surface area contributed by atoms with E-state index >= 15 is 0 Å². The molecule has 0 aliphatic carbocycles. The van der Waals surface area contributed by atoms with E-state index in [4.69, 9.17) is 26.2 Å². The minimum absolute atomic E-state index is 0.00397. The van der Waals surface area contributed by atoms with E-state index in [1.54, 1.807) is 6.07 Å². The largest absolute Gasteiger partial charge is 0.495 e. The summed E-state index contributed by atoms with van der Waals surface area (Å²) in [6.45, 7) is 0.524. The zero-order valence-corrected chi connectivity index (χ0v) is 9.50. The summed E-state index contributed by atoms with van der Waals surface area (Å²) in [4.78, 5) is 11.1. The first-order valence-corrected chi connectivity index (χ1v) is 5.28. The summed E-state index contributed by atoms with van der Waals surface area (Å²) >= 11 is 5.96. The smallest absolute Gasteiger partial charge is 0.341 e. The monoisotopic (exact) mass is 242 g/mol. The predicted octanol–water partition coefficient (Wildman–Crippen LogP) is 2.37. The van der Waals surface area contributed by atoms with Crippen LogP contribution in [0.2, 0.25) is 5.02 Å². The molecule has 16 heavy (non-hydrogen) atoms. The quantitative estimate of drug-likeness (QED) is 0.865. The zero-order valence-electron chi connectivity index (χ0n) is 8.75. The summed E-state index contributed by atoms with van der Waals surface area (Å²) in [5.41, 5.74) is 0.834. The van der Waals surface area contributed by atoms with Gasteiger partial charge in [0.15, 0.2) is 0 Å². The van der Waals surface area contributed by atoms with Crippen LogP contribution in [0.1, 0.15) is 22.3 Å². The van der Waals surface area contributed by atoms with Gasteiger partial charge in [-0.05, 0) is 24.5 Å². The molecular formula is C11H11ClO4. The van der Waals surface area contributed by atoms with Crippen molar-refractivity contribution in [2.24, 2.45) is 0 Å². The Morgan fingerprint density at radius 2 is 2.38 bits per heavy atom. The molecule has 2 rings (SSSR count). The Hall–Kier alpha value is -1.42. The Balaban J connectivity index is 2.67. The molecular weight excluding hydrogens is 232 g/mol. The average molecular weight is 243 g/mol. The maximum absolute atomic E-state index is 11.1. The van der Waals surface area contributed by atoms with Crippen LogP contribution < -0.4 is 9.47 Å². The number of hydrogen-bond acceptors (Lipinski definition) is 3. The van der Waals surface area contributed by atoms with Gasteiger partial charge in [0, 0.05) is 0 Å². The maximum Gasteiger partial charge on any atom is 0.341 e. The molecule has 0 amide bonds. The van der Waals surface area contributed by atoms with Crippen molar-refractivity contribution in [1.29, 1.82) is 0 Å². The summed E-state index contributed by atoms with van der Waals surface area (Å²) in [5.74, 6) is -0.338. The molecule has 0 radical (unpaired) electrons. The van der Waals surface area contributed by atoms with Crippen molar-refractivity contribution in [3.63, 3.8) is 0 Å². The van der Waals surface area contributed by atoms with Crippen molar-refractivity contribution in [3.8, 4) is 11.5 Å². The lowest BCUT2D eigenvalue weighted by molar-refractivity contribution is 0.0691. The van der Waals surface area contributed by atoms with Gasteiger partial charge in [0.1, 0.15) is 22.1 Å². The second kappa shape index (κ2) is 4.22. The summed E-state index contributed by atoms with van der Waals surface area (Å²) in [6.07, 6.45) is 1.65. The Morgan fingerprint density at radius 1 is 1.62 bits per heavy atom. The number of benzene rings is 1. The van der Waals surface area contributed by atoms with Crippen LogP contribution >= 0.6 is 11.6 Å². The van der Waals surface area contributed by atoms with Crippen LogP contribution in [0, 0.1) is 0 Å². The summed E-state index contributed by atoms with van der Waals surface area (Å²) in [5, 5.41) is 9.21. The SMILES string of the molecule is COc1cc2c(c(C(=O)O)c1Cl)OCCC2. The molecule has 0 spiro atoms. The van der Waals surface area contributed by atoms with Gasteiger partial charge in [0.05, 0.1) is 13.7 Å². The Morgan fingerprint density at radius 3 is 3.00 bits per heavy atom. The lowest BCUT2D eigenvalue weighted by atomic mass is 10.0. The number of carboxylic acids is 1. The van der Waals surface area contributed by atoms with Gasteiger partial charge in [-0.25, -0.2) is 4.79 Å². The van der Waals surface area contributed by atoms with Gasteiger partial charge in [-0.1, -0.05) is 11.6 Å². The Bertz CT molecular complexity index is 442. The first kappa shape index (κ1) is 11.1. The van der Waals surface area contributed by atoms with E-state index in [0.29, 0.717) is 18.1 Å². The standard InChI is InChI=1S/C11H11ClO4/c1-15-7-5-6-3-2-4-16-10(6)8(9(7)12)11(13)14/h5H,2-4H2,1H3,(H,13,14).